The summed E-state index contributed by atoms with van der Waals surface area (Å²) in [6.07, 6.45) is 5.15. The van der Waals surface area contributed by atoms with Crippen molar-refractivity contribution in [3.63, 3.8) is 0 Å². The van der Waals surface area contributed by atoms with Crippen LogP contribution in [0.3, 0.4) is 0 Å². The van der Waals surface area contributed by atoms with Gasteiger partial charge in [0.05, 0.1) is 10.1 Å². The molecule has 2 nitrogen and oxygen atoms in total. The fourth-order valence-corrected chi connectivity index (χ4v) is 3.42. The van der Waals surface area contributed by atoms with Crippen molar-refractivity contribution in [3.8, 4) is 0 Å². The Morgan fingerprint density at radius 2 is 2.11 bits per heavy atom. The average Bonchev–Trinajstić information content (AvgIpc) is 2.84. The van der Waals surface area contributed by atoms with Gasteiger partial charge in [0.25, 0.3) is 0 Å². The number of rotatable bonds is 5. The third-order valence-corrected chi connectivity index (χ3v) is 4.60. The number of halogens is 2. The Kier molecular flexibility index (Phi) is 4.98. The number of ether oxygens (including phenoxy) is 1. The van der Waals surface area contributed by atoms with E-state index in [0.717, 1.165) is 24.8 Å². The quantitative estimate of drug-likeness (QED) is 0.891. The molecule has 1 aromatic rings. The van der Waals surface area contributed by atoms with E-state index in [-0.39, 0.29) is 17.5 Å². The highest BCUT2D eigenvalue weighted by Gasteiger charge is 2.40. The van der Waals surface area contributed by atoms with Crippen LogP contribution in [0.1, 0.15) is 38.2 Å². The van der Waals surface area contributed by atoms with Crippen molar-refractivity contribution in [1.82, 2.24) is 0 Å². The molecule has 0 heterocycles. The molecule has 1 unspecified atom stereocenters. The summed E-state index contributed by atoms with van der Waals surface area (Å²) in [5.74, 6) is -0.238. The minimum atomic E-state index is -0.238. The number of nitrogens with two attached hydrogens (primary N) is 1. The summed E-state index contributed by atoms with van der Waals surface area (Å²) < 4.78 is 19.7. The van der Waals surface area contributed by atoms with E-state index in [4.69, 9.17) is 10.5 Å². The van der Waals surface area contributed by atoms with Crippen LogP contribution < -0.4 is 5.73 Å². The van der Waals surface area contributed by atoms with Crippen LogP contribution in [-0.4, -0.2) is 18.2 Å². The van der Waals surface area contributed by atoms with Crippen molar-refractivity contribution in [2.75, 3.05) is 6.61 Å². The van der Waals surface area contributed by atoms with Crippen molar-refractivity contribution in [1.29, 1.82) is 0 Å². The van der Waals surface area contributed by atoms with Crippen LogP contribution in [0.4, 0.5) is 4.39 Å². The van der Waals surface area contributed by atoms with Crippen LogP contribution in [0.5, 0.6) is 0 Å². The van der Waals surface area contributed by atoms with E-state index in [1.165, 1.54) is 18.9 Å². The zero-order valence-corrected chi connectivity index (χ0v) is 12.9. The Balaban J connectivity index is 2.10. The molecule has 0 aliphatic heterocycles. The predicted molar refractivity (Wildman–Crippen MR) is 78.6 cm³/mol. The summed E-state index contributed by atoms with van der Waals surface area (Å²) in [7, 11) is 0. The number of benzene rings is 1. The van der Waals surface area contributed by atoms with Crippen LogP contribution >= 0.6 is 15.9 Å². The molecule has 1 saturated carbocycles. The highest BCUT2D eigenvalue weighted by Crippen LogP contribution is 2.36. The lowest BCUT2D eigenvalue weighted by molar-refractivity contribution is -0.0525. The molecule has 19 heavy (non-hydrogen) atoms. The molecule has 0 amide bonds. The largest absolute Gasteiger partial charge is 0.374 e. The molecule has 106 valence electrons. The molecule has 0 aromatic heterocycles. The summed E-state index contributed by atoms with van der Waals surface area (Å²) in [6.45, 7) is 2.71. The summed E-state index contributed by atoms with van der Waals surface area (Å²) in [4.78, 5) is 0. The van der Waals surface area contributed by atoms with Crippen molar-refractivity contribution in [2.24, 2.45) is 5.73 Å². The predicted octanol–water partition coefficient (Wildman–Crippen LogP) is 3.81. The lowest BCUT2D eigenvalue weighted by Crippen LogP contribution is -2.49. The van der Waals surface area contributed by atoms with E-state index in [0.29, 0.717) is 11.1 Å². The van der Waals surface area contributed by atoms with Gasteiger partial charge in [-0.25, -0.2) is 4.39 Å². The molecule has 1 aliphatic rings. The topological polar surface area (TPSA) is 35.2 Å². The number of hydrogen-bond acceptors (Lipinski definition) is 2. The van der Waals surface area contributed by atoms with E-state index >= 15 is 0 Å². The summed E-state index contributed by atoms with van der Waals surface area (Å²) >= 11 is 3.22. The van der Waals surface area contributed by atoms with Gasteiger partial charge in [-0.2, -0.15) is 0 Å². The monoisotopic (exact) mass is 329 g/mol. The van der Waals surface area contributed by atoms with Gasteiger partial charge < -0.3 is 10.5 Å². The molecule has 1 fully saturated rings. The Bertz CT molecular complexity index is 432. The Morgan fingerprint density at radius 1 is 1.42 bits per heavy atom. The van der Waals surface area contributed by atoms with Crippen molar-refractivity contribution < 1.29 is 9.13 Å². The van der Waals surface area contributed by atoms with Gasteiger partial charge in [-0.1, -0.05) is 18.9 Å². The second kappa shape index (κ2) is 6.33. The molecular formula is C15H21BrFNO. The van der Waals surface area contributed by atoms with Crippen LogP contribution in [0.2, 0.25) is 0 Å². The van der Waals surface area contributed by atoms with Gasteiger partial charge >= 0.3 is 0 Å². The maximum absolute atomic E-state index is 13.2. The lowest BCUT2D eigenvalue weighted by Gasteiger charge is -2.35. The van der Waals surface area contributed by atoms with Crippen LogP contribution in [0.15, 0.2) is 22.7 Å². The maximum Gasteiger partial charge on any atom is 0.137 e. The first-order valence-electron chi connectivity index (χ1n) is 6.91. The van der Waals surface area contributed by atoms with Gasteiger partial charge in [0.1, 0.15) is 5.82 Å². The summed E-state index contributed by atoms with van der Waals surface area (Å²) in [5, 5.41) is 0. The molecule has 2 N–H and O–H groups in total. The van der Waals surface area contributed by atoms with Crippen LogP contribution in [0.25, 0.3) is 0 Å². The van der Waals surface area contributed by atoms with E-state index < -0.39 is 0 Å². The standard InChI is InChI=1S/C15H21BrFNO/c1-2-19-15(7-3-4-8-15)14(18)10-11-5-6-13(17)12(16)9-11/h5-6,9,14H,2-4,7-8,10,18H2,1H3. The molecular weight excluding hydrogens is 309 g/mol. The summed E-state index contributed by atoms with van der Waals surface area (Å²) in [6, 6.07) is 5.05. The average molecular weight is 330 g/mol. The van der Waals surface area contributed by atoms with Gasteiger partial charge in [0, 0.05) is 12.6 Å². The minimum Gasteiger partial charge on any atom is -0.374 e. The van der Waals surface area contributed by atoms with E-state index in [2.05, 4.69) is 15.9 Å². The first-order valence-corrected chi connectivity index (χ1v) is 7.70. The first kappa shape index (κ1) is 14.9. The van der Waals surface area contributed by atoms with Crippen molar-refractivity contribution in [2.45, 2.75) is 50.7 Å². The van der Waals surface area contributed by atoms with Crippen LogP contribution in [-0.2, 0) is 11.2 Å². The fourth-order valence-electron chi connectivity index (χ4n) is 2.99. The SMILES string of the molecule is CCOC1(C(N)Cc2ccc(F)c(Br)c2)CCCC1. The normalized spacial score (nSPS) is 19.6. The highest BCUT2D eigenvalue weighted by molar-refractivity contribution is 9.10. The second-order valence-electron chi connectivity index (χ2n) is 5.26. The summed E-state index contributed by atoms with van der Waals surface area (Å²) in [5.41, 5.74) is 7.25. The molecule has 0 saturated heterocycles. The first-order chi connectivity index (χ1) is 9.07. The Labute approximate surface area is 122 Å². The van der Waals surface area contributed by atoms with Crippen molar-refractivity contribution >= 4 is 15.9 Å². The Morgan fingerprint density at radius 3 is 2.68 bits per heavy atom. The lowest BCUT2D eigenvalue weighted by atomic mass is 9.88. The minimum absolute atomic E-state index is 0.0349. The third kappa shape index (κ3) is 3.36. The van der Waals surface area contributed by atoms with Gasteiger partial charge in [-0.05, 0) is 59.8 Å². The molecule has 0 bridgehead atoms. The zero-order chi connectivity index (χ0) is 13.9. The van der Waals surface area contributed by atoms with E-state index in [9.17, 15) is 4.39 Å². The molecule has 2 rings (SSSR count). The molecule has 0 spiro atoms. The van der Waals surface area contributed by atoms with Gasteiger partial charge in [0.2, 0.25) is 0 Å². The second-order valence-corrected chi connectivity index (χ2v) is 6.12. The fraction of sp³-hybridized carbons (Fsp3) is 0.600. The van der Waals surface area contributed by atoms with Gasteiger partial charge in [-0.3, -0.25) is 0 Å². The van der Waals surface area contributed by atoms with Gasteiger partial charge in [0.15, 0.2) is 0 Å². The van der Waals surface area contributed by atoms with Gasteiger partial charge in [-0.15, -0.1) is 0 Å². The van der Waals surface area contributed by atoms with Crippen molar-refractivity contribution in [3.05, 3.63) is 34.1 Å². The van der Waals surface area contributed by atoms with E-state index in [1.54, 1.807) is 6.07 Å². The smallest absolute Gasteiger partial charge is 0.137 e. The molecule has 1 aliphatic carbocycles. The molecule has 1 aromatic carbocycles. The molecule has 1 atom stereocenters. The third-order valence-electron chi connectivity index (χ3n) is 4.00. The Hall–Kier alpha value is -0.450. The molecule has 0 radical (unpaired) electrons. The van der Waals surface area contributed by atoms with E-state index in [1.807, 2.05) is 13.0 Å². The zero-order valence-electron chi connectivity index (χ0n) is 11.3. The number of hydrogen-bond donors (Lipinski definition) is 1. The highest BCUT2D eigenvalue weighted by atomic mass is 79.9. The van der Waals surface area contributed by atoms with Crippen LogP contribution in [0, 0.1) is 5.82 Å². The molecule has 4 heteroatoms. The maximum atomic E-state index is 13.2.